The molecule has 0 N–H and O–H groups in total. The summed E-state index contributed by atoms with van der Waals surface area (Å²) in [4.78, 5) is 0. The maximum atomic E-state index is 9.51. The largest absolute Gasteiger partial charge is 0.371 e. The molecule has 96 valence electrons. The molecular formula is C15H10N4O. The summed E-state index contributed by atoms with van der Waals surface area (Å²) in [6.45, 7) is 0. The molecular weight excluding hydrogens is 252 g/mol. The topological polar surface area (TPSA) is 104 Å². The summed E-state index contributed by atoms with van der Waals surface area (Å²) in [5, 5.41) is 37.6. The zero-order valence-electron chi connectivity index (χ0n) is 10.8. The highest BCUT2D eigenvalue weighted by atomic mass is 16.5. The first-order chi connectivity index (χ1) is 9.62. The van der Waals surface area contributed by atoms with Crippen molar-refractivity contribution in [2.24, 2.45) is 10.8 Å². The SMILES string of the molecule is COC1(c2ccccc2)CC(C#N)(C#N)C1(C#N)C#N. The van der Waals surface area contributed by atoms with E-state index in [1.165, 1.54) is 7.11 Å². The van der Waals surface area contributed by atoms with Crippen molar-refractivity contribution in [1.82, 2.24) is 0 Å². The molecule has 1 aromatic carbocycles. The number of hydrogen-bond acceptors (Lipinski definition) is 5. The number of methoxy groups -OCH3 is 1. The van der Waals surface area contributed by atoms with Gasteiger partial charge in [0, 0.05) is 13.5 Å². The summed E-state index contributed by atoms with van der Waals surface area (Å²) < 4.78 is 5.47. The van der Waals surface area contributed by atoms with Crippen LogP contribution >= 0.6 is 0 Å². The lowest BCUT2D eigenvalue weighted by Gasteiger charge is -2.57. The number of hydrogen-bond donors (Lipinski definition) is 0. The van der Waals surface area contributed by atoms with Crippen LogP contribution in [0.4, 0.5) is 0 Å². The van der Waals surface area contributed by atoms with Crippen LogP contribution in [0, 0.1) is 56.2 Å². The monoisotopic (exact) mass is 262 g/mol. The van der Waals surface area contributed by atoms with Gasteiger partial charge in [-0.15, -0.1) is 0 Å². The van der Waals surface area contributed by atoms with Crippen LogP contribution in [0.3, 0.4) is 0 Å². The van der Waals surface area contributed by atoms with Crippen LogP contribution in [0.15, 0.2) is 30.3 Å². The molecule has 1 fully saturated rings. The zero-order valence-corrected chi connectivity index (χ0v) is 10.8. The molecule has 0 spiro atoms. The molecule has 0 aromatic heterocycles. The van der Waals surface area contributed by atoms with Crippen molar-refractivity contribution < 1.29 is 4.74 Å². The van der Waals surface area contributed by atoms with Gasteiger partial charge >= 0.3 is 0 Å². The van der Waals surface area contributed by atoms with E-state index in [0.717, 1.165) is 0 Å². The molecule has 1 aromatic rings. The fourth-order valence-electron chi connectivity index (χ4n) is 2.91. The van der Waals surface area contributed by atoms with Crippen LogP contribution < -0.4 is 0 Å². The summed E-state index contributed by atoms with van der Waals surface area (Å²) >= 11 is 0. The molecule has 5 heteroatoms. The van der Waals surface area contributed by atoms with Crippen LogP contribution in [0.2, 0.25) is 0 Å². The van der Waals surface area contributed by atoms with Crippen LogP contribution in [0.5, 0.6) is 0 Å². The van der Waals surface area contributed by atoms with E-state index in [0.29, 0.717) is 5.56 Å². The first-order valence-corrected chi connectivity index (χ1v) is 5.87. The molecule has 1 unspecified atom stereocenters. The van der Waals surface area contributed by atoms with Crippen molar-refractivity contribution in [1.29, 1.82) is 21.0 Å². The Balaban J connectivity index is 2.72. The van der Waals surface area contributed by atoms with Crippen molar-refractivity contribution in [2.45, 2.75) is 12.0 Å². The van der Waals surface area contributed by atoms with Gasteiger partial charge in [-0.3, -0.25) is 0 Å². The fourth-order valence-corrected chi connectivity index (χ4v) is 2.91. The Labute approximate surface area is 116 Å². The van der Waals surface area contributed by atoms with Crippen molar-refractivity contribution in [3.8, 4) is 24.3 Å². The molecule has 1 atom stereocenters. The minimum absolute atomic E-state index is 0.00532. The van der Waals surface area contributed by atoms with Gasteiger partial charge in [-0.25, -0.2) is 0 Å². The molecule has 1 saturated carbocycles. The highest BCUT2D eigenvalue weighted by Gasteiger charge is 2.79. The Morgan fingerprint density at radius 1 is 0.950 bits per heavy atom. The van der Waals surface area contributed by atoms with E-state index >= 15 is 0 Å². The fraction of sp³-hybridized carbons (Fsp3) is 0.333. The summed E-state index contributed by atoms with van der Waals surface area (Å²) in [5.74, 6) is 0. The lowest BCUT2D eigenvalue weighted by molar-refractivity contribution is -0.193. The molecule has 0 heterocycles. The first kappa shape index (κ1) is 13.6. The molecule has 0 bridgehead atoms. The van der Waals surface area contributed by atoms with Gasteiger partial charge in [0.05, 0.1) is 24.3 Å². The van der Waals surface area contributed by atoms with E-state index in [1.807, 2.05) is 24.3 Å². The van der Waals surface area contributed by atoms with E-state index in [9.17, 15) is 21.0 Å². The Morgan fingerprint density at radius 3 is 1.90 bits per heavy atom. The molecule has 0 amide bonds. The molecule has 1 aliphatic rings. The number of benzene rings is 1. The van der Waals surface area contributed by atoms with Crippen molar-refractivity contribution in [2.75, 3.05) is 7.11 Å². The number of nitriles is 4. The van der Waals surface area contributed by atoms with Crippen LogP contribution in [-0.2, 0) is 10.3 Å². The second-order valence-corrected chi connectivity index (χ2v) is 4.68. The van der Waals surface area contributed by atoms with E-state index in [-0.39, 0.29) is 6.42 Å². The van der Waals surface area contributed by atoms with Gasteiger partial charge in [-0.2, -0.15) is 21.0 Å². The molecule has 0 radical (unpaired) electrons. The van der Waals surface area contributed by atoms with E-state index in [1.54, 1.807) is 30.3 Å². The van der Waals surface area contributed by atoms with Crippen LogP contribution in [0.1, 0.15) is 12.0 Å². The lowest BCUT2D eigenvalue weighted by Crippen LogP contribution is -2.67. The second-order valence-electron chi connectivity index (χ2n) is 4.68. The minimum Gasteiger partial charge on any atom is -0.371 e. The van der Waals surface area contributed by atoms with Crippen LogP contribution in [-0.4, -0.2) is 7.11 Å². The summed E-state index contributed by atoms with van der Waals surface area (Å²) in [7, 11) is 1.38. The van der Waals surface area contributed by atoms with E-state index in [4.69, 9.17) is 4.74 Å². The maximum absolute atomic E-state index is 9.51. The van der Waals surface area contributed by atoms with Crippen molar-refractivity contribution in [3.05, 3.63) is 35.9 Å². The Morgan fingerprint density at radius 2 is 1.50 bits per heavy atom. The smallest absolute Gasteiger partial charge is 0.208 e. The average molecular weight is 262 g/mol. The summed E-state index contributed by atoms with van der Waals surface area (Å²) in [6, 6.07) is 16.2. The van der Waals surface area contributed by atoms with Crippen molar-refractivity contribution in [3.63, 3.8) is 0 Å². The van der Waals surface area contributed by atoms with Crippen LogP contribution in [0.25, 0.3) is 0 Å². The van der Waals surface area contributed by atoms with Gasteiger partial charge in [0.15, 0.2) is 5.41 Å². The quantitative estimate of drug-likeness (QED) is 0.810. The van der Waals surface area contributed by atoms with Gasteiger partial charge in [-0.05, 0) is 5.56 Å². The second kappa shape index (κ2) is 4.36. The highest BCUT2D eigenvalue weighted by Crippen LogP contribution is 2.68. The maximum Gasteiger partial charge on any atom is 0.208 e. The number of nitrogens with zero attached hydrogens (tertiary/aromatic N) is 4. The Bertz CT molecular complexity index is 671. The molecule has 0 aliphatic heterocycles. The number of ether oxygens (including phenoxy) is 1. The van der Waals surface area contributed by atoms with E-state index < -0.39 is 16.4 Å². The van der Waals surface area contributed by atoms with Gasteiger partial charge in [-0.1, -0.05) is 30.3 Å². The van der Waals surface area contributed by atoms with Gasteiger partial charge < -0.3 is 4.74 Å². The molecule has 0 saturated heterocycles. The Hall–Kier alpha value is -2.86. The first-order valence-electron chi connectivity index (χ1n) is 5.87. The standard InChI is InChI=1S/C15H10N4O/c1-20-15(12-5-3-2-4-6-12)7-13(8-16,9-17)14(15,10-18)11-19/h2-6H,7H2,1H3. The molecule has 20 heavy (non-hydrogen) atoms. The third-order valence-corrected chi connectivity index (χ3v) is 4.07. The third-order valence-electron chi connectivity index (χ3n) is 4.07. The zero-order chi connectivity index (χ0) is 14.9. The normalized spacial score (nSPS) is 25.1. The Kier molecular flexibility index (Phi) is 2.96. The molecule has 2 rings (SSSR count). The predicted octanol–water partition coefficient (Wildman–Crippen LogP) is 2.00. The average Bonchev–Trinajstić information content (AvgIpc) is 2.51. The van der Waals surface area contributed by atoms with Gasteiger partial charge in [0.25, 0.3) is 0 Å². The van der Waals surface area contributed by atoms with Gasteiger partial charge in [0.1, 0.15) is 5.60 Å². The molecule has 1 aliphatic carbocycles. The summed E-state index contributed by atoms with van der Waals surface area (Å²) in [5.41, 5.74) is -4.17. The predicted molar refractivity (Wildman–Crippen MR) is 67.1 cm³/mol. The minimum atomic E-state index is -1.85. The molecule has 5 nitrogen and oxygen atoms in total. The highest BCUT2D eigenvalue weighted by molar-refractivity contribution is 5.51. The van der Waals surface area contributed by atoms with E-state index in [2.05, 4.69) is 0 Å². The van der Waals surface area contributed by atoms with Crippen molar-refractivity contribution >= 4 is 0 Å². The van der Waals surface area contributed by atoms with Gasteiger partial charge in [0.2, 0.25) is 5.41 Å². The number of rotatable bonds is 2. The lowest BCUT2D eigenvalue weighted by atomic mass is 9.41. The summed E-state index contributed by atoms with van der Waals surface area (Å²) in [6.07, 6.45) is -0.00532. The third kappa shape index (κ3) is 1.20.